The Morgan fingerprint density at radius 3 is 2.71 bits per heavy atom. The van der Waals surface area contributed by atoms with E-state index >= 15 is 0 Å². The minimum Gasteiger partial charge on any atom is -0.354 e. The smallest absolute Gasteiger partial charge is 0.238 e. The summed E-state index contributed by atoms with van der Waals surface area (Å²) in [4.78, 5) is 20.9. The van der Waals surface area contributed by atoms with Crippen molar-refractivity contribution < 1.29 is 4.79 Å². The van der Waals surface area contributed by atoms with Crippen LogP contribution in [0, 0.1) is 11.3 Å². The van der Waals surface area contributed by atoms with Crippen LogP contribution in [-0.2, 0) is 4.79 Å². The molecule has 1 saturated heterocycles. The first kappa shape index (κ1) is 16.0. The third-order valence-corrected chi connectivity index (χ3v) is 3.99. The standard InChI is InChI=1S/C18H19N5O/c19-13-15-4-3-5-16(12-15)21-18(24)14-22-8-10-23(11-9-22)17-6-1-2-7-20-17/h1-7,12H,8-11,14H2,(H,21,24). The molecule has 0 atom stereocenters. The van der Waals surface area contributed by atoms with E-state index in [-0.39, 0.29) is 5.91 Å². The molecular weight excluding hydrogens is 302 g/mol. The second-order valence-electron chi connectivity index (χ2n) is 5.69. The Balaban J connectivity index is 1.49. The summed E-state index contributed by atoms with van der Waals surface area (Å²) in [6, 6.07) is 14.9. The molecule has 6 nitrogen and oxygen atoms in total. The highest BCUT2D eigenvalue weighted by Crippen LogP contribution is 2.13. The van der Waals surface area contributed by atoms with E-state index in [1.807, 2.05) is 18.2 Å². The van der Waals surface area contributed by atoms with Gasteiger partial charge in [0.2, 0.25) is 5.91 Å². The third-order valence-electron chi connectivity index (χ3n) is 3.99. The first-order chi connectivity index (χ1) is 11.7. The van der Waals surface area contributed by atoms with Crippen LogP contribution in [0.25, 0.3) is 0 Å². The van der Waals surface area contributed by atoms with E-state index in [0.717, 1.165) is 32.0 Å². The molecule has 1 amide bonds. The number of piperazine rings is 1. The first-order valence-corrected chi connectivity index (χ1v) is 7.93. The van der Waals surface area contributed by atoms with Gasteiger partial charge in [-0.25, -0.2) is 4.98 Å². The predicted octanol–water partition coefficient (Wildman–Crippen LogP) is 1.71. The number of carbonyl (C=O) groups is 1. The largest absolute Gasteiger partial charge is 0.354 e. The van der Waals surface area contributed by atoms with E-state index in [0.29, 0.717) is 17.8 Å². The lowest BCUT2D eigenvalue weighted by Crippen LogP contribution is -2.48. The summed E-state index contributed by atoms with van der Waals surface area (Å²) >= 11 is 0. The molecule has 1 aliphatic rings. The number of carbonyl (C=O) groups excluding carboxylic acids is 1. The Hall–Kier alpha value is -2.91. The average molecular weight is 321 g/mol. The zero-order valence-electron chi connectivity index (χ0n) is 13.4. The number of benzene rings is 1. The van der Waals surface area contributed by atoms with Crippen molar-refractivity contribution in [2.75, 3.05) is 42.9 Å². The Bertz CT molecular complexity index is 733. The van der Waals surface area contributed by atoms with Crippen LogP contribution in [0.3, 0.4) is 0 Å². The fourth-order valence-electron chi connectivity index (χ4n) is 2.75. The van der Waals surface area contributed by atoms with Crippen LogP contribution >= 0.6 is 0 Å². The van der Waals surface area contributed by atoms with E-state index < -0.39 is 0 Å². The molecule has 2 heterocycles. The highest BCUT2D eigenvalue weighted by Gasteiger charge is 2.19. The van der Waals surface area contributed by atoms with E-state index in [1.54, 1.807) is 30.5 Å². The van der Waals surface area contributed by atoms with Crippen LogP contribution in [0.15, 0.2) is 48.7 Å². The fraction of sp³-hybridized carbons (Fsp3) is 0.278. The van der Waals surface area contributed by atoms with Gasteiger partial charge < -0.3 is 10.2 Å². The summed E-state index contributed by atoms with van der Waals surface area (Å²) in [6.07, 6.45) is 1.80. The van der Waals surface area contributed by atoms with Gasteiger partial charge in [-0.3, -0.25) is 9.69 Å². The van der Waals surface area contributed by atoms with Gasteiger partial charge in [-0.2, -0.15) is 5.26 Å². The van der Waals surface area contributed by atoms with Gasteiger partial charge >= 0.3 is 0 Å². The summed E-state index contributed by atoms with van der Waals surface area (Å²) in [5.74, 6) is 0.922. The third kappa shape index (κ3) is 4.09. The van der Waals surface area contributed by atoms with Crippen molar-refractivity contribution in [3.63, 3.8) is 0 Å². The number of nitriles is 1. The van der Waals surface area contributed by atoms with Gasteiger partial charge in [0.05, 0.1) is 18.2 Å². The number of nitrogens with zero attached hydrogens (tertiary/aromatic N) is 4. The molecule has 0 aliphatic carbocycles. The molecule has 1 fully saturated rings. The lowest BCUT2D eigenvalue weighted by atomic mass is 10.2. The molecule has 3 rings (SSSR count). The van der Waals surface area contributed by atoms with Crippen LogP contribution < -0.4 is 10.2 Å². The molecule has 122 valence electrons. The highest BCUT2D eigenvalue weighted by atomic mass is 16.2. The number of rotatable bonds is 4. The number of hydrogen-bond donors (Lipinski definition) is 1. The SMILES string of the molecule is N#Cc1cccc(NC(=O)CN2CCN(c3ccccn3)CC2)c1. The number of pyridine rings is 1. The van der Waals surface area contributed by atoms with Gasteiger partial charge in [-0.1, -0.05) is 12.1 Å². The number of amides is 1. The second-order valence-corrected chi connectivity index (χ2v) is 5.69. The van der Waals surface area contributed by atoms with Crippen molar-refractivity contribution in [2.24, 2.45) is 0 Å². The van der Waals surface area contributed by atoms with Gasteiger partial charge in [0.1, 0.15) is 5.82 Å². The molecular formula is C18H19N5O. The van der Waals surface area contributed by atoms with Crippen LogP contribution in [0.2, 0.25) is 0 Å². The zero-order valence-corrected chi connectivity index (χ0v) is 13.4. The highest BCUT2D eigenvalue weighted by molar-refractivity contribution is 5.92. The van der Waals surface area contributed by atoms with E-state index in [4.69, 9.17) is 5.26 Å². The normalized spacial score (nSPS) is 14.9. The Morgan fingerprint density at radius 2 is 2.00 bits per heavy atom. The minimum atomic E-state index is -0.0589. The number of anilines is 2. The van der Waals surface area contributed by atoms with Gasteiger partial charge in [0.25, 0.3) is 0 Å². The predicted molar refractivity (Wildman–Crippen MR) is 92.7 cm³/mol. The molecule has 6 heteroatoms. The van der Waals surface area contributed by atoms with Gasteiger partial charge in [-0.05, 0) is 30.3 Å². The van der Waals surface area contributed by atoms with E-state index in [2.05, 4.69) is 26.2 Å². The van der Waals surface area contributed by atoms with Crippen molar-refractivity contribution in [1.29, 1.82) is 5.26 Å². The molecule has 1 aromatic carbocycles. The van der Waals surface area contributed by atoms with Gasteiger partial charge in [-0.15, -0.1) is 0 Å². The first-order valence-electron chi connectivity index (χ1n) is 7.93. The van der Waals surface area contributed by atoms with Crippen LogP contribution in [0.4, 0.5) is 11.5 Å². The van der Waals surface area contributed by atoms with Gasteiger partial charge in [0, 0.05) is 38.1 Å². The quantitative estimate of drug-likeness (QED) is 0.928. The summed E-state index contributed by atoms with van der Waals surface area (Å²) in [7, 11) is 0. The van der Waals surface area contributed by atoms with Crippen LogP contribution in [0.1, 0.15) is 5.56 Å². The summed E-state index contributed by atoms with van der Waals surface area (Å²) in [5, 5.41) is 11.7. The Morgan fingerprint density at radius 1 is 1.17 bits per heavy atom. The Kier molecular flexibility index (Phi) is 5.04. The Labute approximate surface area is 141 Å². The fourth-order valence-corrected chi connectivity index (χ4v) is 2.75. The lowest BCUT2D eigenvalue weighted by Gasteiger charge is -2.34. The molecule has 0 unspecified atom stereocenters. The molecule has 0 bridgehead atoms. The van der Waals surface area contributed by atoms with Crippen LogP contribution in [-0.4, -0.2) is 48.5 Å². The maximum atomic E-state index is 12.2. The maximum Gasteiger partial charge on any atom is 0.238 e. The molecule has 0 radical (unpaired) electrons. The molecule has 0 spiro atoms. The number of hydrogen-bond acceptors (Lipinski definition) is 5. The zero-order chi connectivity index (χ0) is 16.8. The summed E-state index contributed by atoms with van der Waals surface area (Å²) in [6.45, 7) is 3.71. The minimum absolute atomic E-state index is 0.0589. The van der Waals surface area contributed by atoms with E-state index in [9.17, 15) is 4.79 Å². The molecule has 0 saturated carbocycles. The summed E-state index contributed by atoms with van der Waals surface area (Å²) < 4.78 is 0. The van der Waals surface area contributed by atoms with Crippen LogP contribution in [0.5, 0.6) is 0 Å². The van der Waals surface area contributed by atoms with Crippen molar-refractivity contribution >= 4 is 17.4 Å². The van der Waals surface area contributed by atoms with Crippen molar-refractivity contribution in [2.45, 2.75) is 0 Å². The maximum absolute atomic E-state index is 12.2. The number of aromatic nitrogens is 1. The van der Waals surface area contributed by atoms with Crippen molar-refractivity contribution in [3.05, 3.63) is 54.2 Å². The van der Waals surface area contributed by atoms with Crippen molar-refractivity contribution in [3.8, 4) is 6.07 Å². The molecule has 1 aromatic heterocycles. The molecule has 24 heavy (non-hydrogen) atoms. The topological polar surface area (TPSA) is 72.3 Å². The lowest BCUT2D eigenvalue weighted by molar-refractivity contribution is -0.117. The number of nitrogens with one attached hydrogen (secondary N) is 1. The van der Waals surface area contributed by atoms with Crippen molar-refractivity contribution in [1.82, 2.24) is 9.88 Å². The summed E-state index contributed by atoms with van der Waals surface area (Å²) in [5.41, 5.74) is 1.20. The molecule has 2 aromatic rings. The molecule has 1 aliphatic heterocycles. The van der Waals surface area contributed by atoms with Gasteiger partial charge in [0.15, 0.2) is 0 Å². The second kappa shape index (κ2) is 7.57. The average Bonchev–Trinajstić information content (AvgIpc) is 2.63. The monoisotopic (exact) mass is 321 g/mol. The molecule has 1 N–H and O–H groups in total. The van der Waals surface area contributed by atoms with E-state index in [1.165, 1.54) is 0 Å².